The Bertz CT molecular complexity index is 870. The second-order valence-corrected chi connectivity index (χ2v) is 8.53. The van der Waals surface area contributed by atoms with Crippen molar-refractivity contribution < 1.29 is 13.2 Å². The molecule has 2 aromatic rings. The maximum absolute atomic E-state index is 13.1. The molecular formula is C21H28N2O3S. The van der Waals surface area contributed by atoms with Crippen molar-refractivity contribution >= 4 is 15.9 Å². The van der Waals surface area contributed by atoms with Gasteiger partial charge in [-0.1, -0.05) is 55.0 Å². The standard InChI is InChI=1S/C21H28N2O3S/c1-5-11-22-21(24)19(14-18-9-7-6-8-10-18)23-27(25,26)20-16(3)12-15(2)13-17(20)4/h6-10,12-13,19,23H,5,11,14H2,1-4H3,(H,22,24)/t19-/m0/s1. The van der Waals surface area contributed by atoms with Gasteiger partial charge in [0, 0.05) is 6.54 Å². The topological polar surface area (TPSA) is 75.3 Å². The van der Waals surface area contributed by atoms with Crippen LogP contribution in [0.15, 0.2) is 47.4 Å². The van der Waals surface area contributed by atoms with Gasteiger partial charge < -0.3 is 5.32 Å². The Balaban J connectivity index is 2.34. The van der Waals surface area contributed by atoms with Gasteiger partial charge in [-0.3, -0.25) is 4.79 Å². The van der Waals surface area contributed by atoms with E-state index in [0.29, 0.717) is 24.1 Å². The maximum Gasteiger partial charge on any atom is 0.241 e. The van der Waals surface area contributed by atoms with Gasteiger partial charge in [-0.2, -0.15) is 4.72 Å². The van der Waals surface area contributed by atoms with Crippen molar-refractivity contribution in [3.05, 3.63) is 64.7 Å². The number of benzene rings is 2. The van der Waals surface area contributed by atoms with Crippen LogP contribution in [0.25, 0.3) is 0 Å². The number of hydrogen-bond acceptors (Lipinski definition) is 3. The van der Waals surface area contributed by atoms with Gasteiger partial charge >= 0.3 is 0 Å². The van der Waals surface area contributed by atoms with E-state index in [-0.39, 0.29) is 10.8 Å². The molecule has 0 heterocycles. The highest BCUT2D eigenvalue weighted by molar-refractivity contribution is 7.89. The number of carbonyl (C=O) groups is 1. The Labute approximate surface area is 162 Å². The van der Waals surface area contributed by atoms with Crippen molar-refractivity contribution in [2.24, 2.45) is 0 Å². The van der Waals surface area contributed by atoms with Crippen LogP contribution >= 0.6 is 0 Å². The zero-order valence-corrected chi connectivity index (χ0v) is 17.2. The van der Waals surface area contributed by atoms with Gasteiger partial charge in [0.05, 0.1) is 4.90 Å². The van der Waals surface area contributed by atoms with Crippen LogP contribution in [-0.2, 0) is 21.2 Å². The van der Waals surface area contributed by atoms with Crippen molar-refractivity contribution in [2.45, 2.75) is 51.5 Å². The lowest BCUT2D eigenvalue weighted by atomic mass is 10.1. The Morgan fingerprint density at radius 1 is 1.04 bits per heavy atom. The van der Waals surface area contributed by atoms with Crippen LogP contribution in [-0.4, -0.2) is 26.9 Å². The summed E-state index contributed by atoms with van der Waals surface area (Å²) < 4.78 is 28.8. The maximum atomic E-state index is 13.1. The summed E-state index contributed by atoms with van der Waals surface area (Å²) in [7, 11) is -3.84. The second-order valence-electron chi connectivity index (χ2n) is 6.88. The molecule has 0 aliphatic rings. The summed E-state index contributed by atoms with van der Waals surface area (Å²) in [5.74, 6) is -0.313. The first-order valence-corrected chi connectivity index (χ1v) is 10.6. The fourth-order valence-corrected chi connectivity index (χ4v) is 4.89. The third kappa shape index (κ3) is 5.65. The van der Waals surface area contributed by atoms with E-state index in [0.717, 1.165) is 17.5 Å². The molecule has 1 atom stereocenters. The molecule has 0 spiro atoms. The van der Waals surface area contributed by atoms with Gasteiger partial charge in [-0.05, 0) is 50.3 Å². The Kier molecular flexibility index (Phi) is 7.16. The average Bonchev–Trinajstić information content (AvgIpc) is 2.58. The molecule has 2 rings (SSSR count). The van der Waals surface area contributed by atoms with Gasteiger partial charge in [-0.15, -0.1) is 0 Å². The fraction of sp³-hybridized carbons (Fsp3) is 0.381. The lowest BCUT2D eigenvalue weighted by Crippen LogP contribution is -2.48. The molecule has 1 amide bonds. The molecule has 27 heavy (non-hydrogen) atoms. The molecule has 6 heteroatoms. The van der Waals surface area contributed by atoms with Crippen LogP contribution in [0.2, 0.25) is 0 Å². The number of amides is 1. The first-order chi connectivity index (χ1) is 12.7. The third-order valence-electron chi connectivity index (χ3n) is 4.32. The van der Waals surface area contributed by atoms with Crippen LogP contribution in [0.3, 0.4) is 0 Å². The number of nitrogens with one attached hydrogen (secondary N) is 2. The molecule has 0 unspecified atom stereocenters. The summed E-state index contributed by atoms with van der Waals surface area (Å²) in [5.41, 5.74) is 3.25. The molecule has 2 aromatic carbocycles. The van der Waals surface area contributed by atoms with Crippen LogP contribution in [0.5, 0.6) is 0 Å². The quantitative estimate of drug-likeness (QED) is 0.730. The van der Waals surface area contributed by atoms with Crippen LogP contribution in [0.4, 0.5) is 0 Å². The number of aryl methyl sites for hydroxylation is 3. The highest BCUT2D eigenvalue weighted by atomic mass is 32.2. The minimum Gasteiger partial charge on any atom is -0.355 e. The predicted octanol–water partition coefficient (Wildman–Crippen LogP) is 3.03. The van der Waals surface area contributed by atoms with E-state index in [1.807, 2.05) is 56.3 Å². The van der Waals surface area contributed by atoms with Crippen molar-refractivity contribution in [3.63, 3.8) is 0 Å². The monoisotopic (exact) mass is 388 g/mol. The predicted molar refractivity (Wildman–Crippen MR) is 108 cm³/mol. The summed E-state index contributed by atoms with van der Waals surface area (Å²) in [6.45, 7) is 7.94. The van der Waals surface area contributed by atoms with Crippen LogP contribution in [0, 0.1) is 20.8 Å². The van der Waals surface area contributed by atoms with E-state index >= 15 is 0 Å². The van der Waals surface area contributed by atoms with E-state index in [9.17, 15) is 13.2 Å². The molecule has 0 aliphatic heterocycles. The molecule has 0 aliphatic carbocycles. The minimum atomic E-state index is -3.84. The first-order valence-electron chi connectivity index (χ1n) is 9.16. The third-order valence-corrected chi connectivity index (χ3v) is 6.10. The second kappa shape index (κ2) is 9.15. The average molecular weight is 389 g/mol. The van der Waals surface area contributed by atoms with E-state index in [1.165, 1.54) is 0 Å². The molecule has 2 N–H and O–H groups in total. The lowest BCUT2D eigenvalue weighted by Gasteiger charge is -2.20. The highest BCUT2D eigenvalue weighted by Gasteiger charge is 2.28. The zero-order chi connectivity index (χ0) is 20.0. The van der Waals surface area contributed by atoms with E-state index in [2.05, 4.69) is 10.0 Å². The molecule has 0 saturated heterocycles. The summed E-state index contributed by atoms with van der Waals surface area (Å²) in [6, 6.07) is 12.2. The van der Waals surface area contributed by atoms with Crippen LogP contribution < -0.4 is 10.0 Å². The molecular weight excluding hydrogens is 360 g/mol. The number of carbonyl (C=O) groups excluding carboxylic acids is 1. The van der Waals surface area contributed by atoms with Gasteiger partial charge in [0.25, 0.3) is 0 Å². The van der Waals surface area contributed by atoms with Crippen molar-refractivity contribution in [1.82, 2.24) is 10.0 Å². The van der Waals surface area contributed by atoms with Crippen molar-refractivity contribution in [2.75, 3.05) is 6.54 Å². The van der Waals surface area contributed by atoms with Crippen LogP contribution in [0.1, 0.15) is 35.6 Å². The van der Waals surface area contributed by atoms with Gasteiger partial charge in [0.15, 0.2) is 0 Å². The summed E-state index contributed by atoms with van der Waals surface area (Å²) in [6.07, 6.45) is 1.08. The summed E-state index contributed by atoms with van der Waals surface area (Å²) in [5, 5.41) is 2.80. The summed E-state index contributed by atoms with van der Waals surface area (Å²) >= 11 is 0. The van der Waals surface area contributed by atoms with Gasteiger partial charge in [-0.25, -0.2) is 8.42 Å². The molecule has 0 fully saturated rings. The van der Waals surface area contributed by atoms with Crippen molar-refractivity contribution in [1.29, 1.82) is 0 Å². The molecule has 5 nitrogen and oxygen atoms in total. The molecule has 0 aromatic heterocycles. The normalized spacial score (nSPS) is 12.6. The number of sulfonamides is 1. The fourth-order valence-electron chi connectivity index (χ4n) is 3.25. The van der Waals surface area contributed by atoms with E-state index in [1.54, 1.807) is 13.8 Å². The minimum absolute atomic E-state index is 0.245. The molecule has 0 bridgehead atoms. The smallest absolute Gasteiger partial charge is 0.241 e. The molecule has 0 saturated carbocycles. The zero-order valence-electron chi connectivity index (χ0n) is 16.4. The first kappa shape index (κ1) is 21.1. The van der Waals surface area contributed by atoms with E-state index < -0.39 is 16.1 Å². The lowest BCUT2D eigenvalue weighted by molar-refractivity contribution is -0.122. The SMILES string of the molecule is CCCNC(=O)[C@H](Cc1ccccc1)NS(=O)(=O)c1c(C)cc(C)cc1C. The molecule has 0 radical (unpaired) electrons. The Morgan fingerprint density at radius 3 is 2.19 bits per heavy atom. The highest BCUT2D eigenvalue weighted by Crippen LogP contribution is 2.22. The largest absolute Gasteiger partial charge is 0.355 e. The molecule has 146 valence electrons. The van der Waals surface area contributed by atoms with E-state index in [4.69, 9.17) is 0 Å². The van der Waals surface area contributed by atoms with Gasteiger partial charge in [0.2, 0.25) is 15.9 Å². The number of hydrogen-bond donors (Lipinski definition) is 2. The Hall–Kier alpha value is -2.18. The Morgan fingerprint density at radius 2 is 1.63 bits per heavy atom. The van der Waals surface area contributed by atoms with Gasteiger partial charge in [0.1, 0.15) is 6.04 Å². The summed E-state index contributed by atoms with van der Waals surface area (Å²) in [4.78, 5) is 12.8. The number of rotatable bonds is 8. The van der Waals surface area contributed by atoms with Crippen molar-refractivity contribution in [3.8, 4) is 0 Å².